The molecule has 3 aliphatic rings. The van der Waals surface area contributed by atoms with E-state index in [1.807, 2.05) is 6.07 Å². The van der Waals surface area contributed by atoms with Crippen LogP contribution in [-0.2, 0) is 10.8 Å². The van der Waals surface area contributed by atoms with Crippen LogP contribution in [-0.4, -0.2) is 58.4 Å². The SMILES string of the molecule is CC(C)(C)c1ccc(Cl)c2c(=O)nc3n(c12)-c1cc(N2CCN(C4CCC(CO)CC4)CC2)ccc1C3(C)C. The van der Waals surface area contributed by atoms with Gasteiger partial charge in [0.2, 0.25) is 0 Å². The van der Waals surface area contributed by atoms with Gasteiger partial charge in [-0.25, -0.2) is 0 Å². The van der Waals surface area contributed by atoms with Crippen molar-refractivity contribution in [3.05, 3.63) is 62.7 Å². The van der Waals surface area contributed by atoms with Gasteiger partial charge in [0.25, 0.3) is 5.56 Å². The normalized spacial score (nSPS) is 23.2. The fourth-order valence-electron chi connectivity index (χ4n) is 7.16. The predicted molar refractivity (Wildman–Crippen MR) is 160 cm³/mol. The highest BCUT2D eigenvalue weighted by molar-refractivity contribution is 6.35. The second-order valence-electron chi connectivity index (χ2n) is 13.4. The smallest absolute Gasteiger partial charge is 0.282 e. The molecular formula is C32H41ClN4O2. The molecule has 0 atom stereocenters. The first kappa shape index (κ1) is 26.8. The van der Waals surface area contributed by atoms with Crippen LogP contribution in [0, 0.1) is 5.92 Å². The number of nitrogens with zero attached hydrogens (tertiary/aromatic N) is 4. The summed E-state index contributed by atoms with van der Waals surface area (Å²) in [6.07, 6.45) is 4.69. The molecule has 6 nitrogen and oxygen atoms in total. The molecule has 0 amide bonds. The van der Waals surface area contributed by atoms with Crippen molar-refractivity contribution in [1.82, 2.24) is 14.5 Å². The van der Waals surface area contributed by atoms with Crippen LogP contribution in [0.1, 0.15) is 77.3 Å². The van der Waals surface area contributed by atoms with Crippen LogP contribution in [0.25, 0.3) is 16.6 Å². The molecule has 1 aliphatic carbocycles. The van der Waals surface area contributed by atoms with Gasteiger partial charge in [0.05, 0.1) is 27.0 Å². The fourth-order valence-corrected chi connectivity index (χ4v) is 7.39. The molecule has 0 unspecified atom stereocenters. The molecule has 1 saturated heterocycles. The lowest BCUT2D eigenvalue weighted by Crippen LogP contribution is -2.51. The number of anilines is 1. The summed E-state index contributed by atoms with van der Waals surface area (Å²) in [5, 5.41) is 10.5. The summed E-state index contributed by atoms with van der Waals surface area (Å²) in [6, 6.07) is 11.3. The minimum Gasteiger partial charge on any atom is -0.396 e. The third kappa shape index (κ3) is 4.39. The van der Waals surface area contributed by atoms with Crippen molar-refractivity contribution in [2.24, 2.45) is 5.92 Å². The standard InChI is InChI=1S/C32H41ClN4O2/c1-31(2,3)24-12-13-25(33)27-28(24)37-26-18-22(10-11-23(26)32(4,5)30(37)34-29(27)39)36-16-14-35(15-17-36)21-8-6-20(19-38)7-9-21/h10-13,18,20-21,38H,6-9,14-17,19H2,1-5H3. The van der Waals surface area contributed by atoms with E-state index in [1.165, 1.54) is 24.1 Å². The third-order valence-electron chi connectivity index (χ3n) is 9.52. The number of aliphatic hydroxyl groups is 1. The summed E-state index contributed by atoms with van der Waals surface area (Å²) < 4.78 is 2.22. The zero-order chi connectivity index (χ0) is 27.7. The van der Waals surface area contributed by atoms with Crippen LogP contribution in [0.5, 0.6) is 0 Å². The Bertz CT molecular complexity index is 1470. The number of piperazine rings is 1. The number of aliphatic hydroxyl groups excluding tert-OH is 1. The Morgan fingerprint density at radius 2 is 1.72 bits per heavy atom. The van der Waals surface area contributed by atoms with E-state index in [1.54, 1.807) is 0 Å². The molecule has 3 heterocycles. The van der Waals surface area contributed by atoms with E-state index in [-0.39, 0.29) is 11.0 Å². The molecule has 7 heteroatoms. The predicted octanol–water partition coefficient (Wildman–Crippen LogP) is 5.65. The van der Waals surface area contributed by atoms with Crippen molar-refractivity contribution in [2.75, 3.05) is 37.7 Å². The minimum atomic E-state index is -0.398. The van der Waals surface area contributed by atoms with Crippen molar-refractivity contribution in [2.45, 2.75) is 77.2 Å². The molecule has 2 fully saturated rings. The van der Waals surface area contributed by atoms with E-state index in [2.05, 4.69) is 78.2 Å². The van der Waals surface area contributed by atoms with Gasteiger partial charge in [0.1, 0.15) is 5.82 Å². The van der Waals surface area contributed by atoms with E-state index in [0.29, 0.717) is 29.0 Å². The maximum Gasteiger partial charge on any atom is 0.282 e. The Hall–Kier alpha value is -2.41. The van der Waals surface area contributed by atoms with Gasteiger partial charge in [-0.2, -0.15) is 4.98 Å². The molecule has 1 saturated carbocycles. The summed E-state index contributed by atoms with van der Waals surface area (Å²) in [6.45, 7) is 15.3. The number of fused-ring (bicyclic) bond motifs is 5. The molecule has 39 heavy (non-hydrogen) atoms. The molecular weight excluding hydrogens is 508 g/mol. The number of aromatic nitrogens is 2. The lowest BCUT2D eigenvalue weighted by atomic mass is 9.84. The zero-order valence-electron chi connectivity index (χ0n) is 23.9. The fraction of sp³-hybridized carbons (Fsp3) is 0.562. The van der Waals surface area contributed by atoms with Crippen LogP contribution in [0.15, 0.2) is 35.1 Å². The highest BCUT2D eigenvalue weighted by Crippen LogP contribution is 2.46. The largest absolute Gasteiger partial charge is 0.396 e. The topological polar surface area (TPSA) is 61.6 Å². The molecule has 0 bridgehead atoms. The molecule has 2 aromatic carbocycles. The molecule has 3 aromatic rings. The summed E-state index contributed by atoms with van der Waals surface area (Å²) in [5.41, 5.74) is 4.66. The summed E-state index contributed by atoms with van der Waals surface area (Å²) in [4.78, 5) is 23.1. The lowest BCUT2D eigenvalue weighted by molar-refractivity contribution is 0.106. The van der Waals surface area contributed by atoms with Gasteiger partial charge in [0.15, 0.2) is 0 Å². The van der Waals surface area contributed by atoms with Gasteiger partial charge in [-0.05, 0) is 80.2 Å². The average Bonchev–Trinajstić information content (AvgIpc) is 3.14. The van der Waals surface area contributed by atoms with Crippen molar-refractivity contribution in [3.63, 3.8) is 0 Å². The van der Waals surface area contributed by atoms with E-state index in [4.69, 9.17) is 11.6 Å². The number of benzene rings is 2. The van der Waals surface area contributed by atoms with Gasteiger partial charge in [-0.15, -0.1) is 0 Å². The second kappa shape index (κ2) is 9.60. The van der Waals surface area contributed by atoms with Crippen molar-refractivity contribution >= 4 is 28.2 Å². The van der Waals surface area contributed by atoms with E-state index >= 15 is 0 Å². The highest BCUT2D eigenvalue weighted by Gasteiger charge is 2.40. The molecule has 0 radical (unpaired) electrons. The Morgan fingerprint density at radius 3 is 2.36 bits per heavy atom. The summed E-state index contributed by atoms with van der Waals surface area (Å²) in [7, 11) is 0. The summed E-state index contributed by atoms with van der Waals surface area (Å²) >= 11 is 6.65. The zero-order valence-corrected chi connectivity index (χ0v) is 24.7. The molecule has 1 N–H and O–H groups in total. The average molecular weight is 549 g/mol. The van der Waals surface area contributed by atoms with E-state index < -0.39 is 5.41 Å². The quantitative estimate of drug-likeness (QED) is 0.458. The Kier molecular flexibility index (Phi) is 6.60. The lowest BCUT2D eigenvalue weighted by Gasteiger charge is -2.42. The van der Waals surface area contributed by atoms with Crippen molar-refractivity contribution < 1.29 is 5.11 Å². The Balaban J connectivity index is 1.38. The highest BCUT2D eigenvalue weighted by atomic mass is 35.5. The van der Waals surface area contributed by atoms with Crippen LogP contribution >= 0.6 is 11.6 Å². The van der Waals surface area contributed by atoms with Crippen molar-refractivity contribution in [3.8, 4) is 5.69 Å². The molecule has 1 aromatic heterocycles. The van der Waals surface area contributed by atoms with Crippen LogP contribution in [0.2, 0.25) is 5.02 Å². The molecule has 6 rings (SSSR count). The molecule has 0 spiro atoms. The first-order valence-electron chi connectivity index (χ1n) is 14.5. The Labute approximate surface area is 236 Å². The van der Waals surface area contributed by atoms with Crippen LogP contribution in [0.3, 0.4) is 0 Å². The van der Waals surface area contributed by atoms with Gasteiger partial charge in [0, 0.05) is 44.5 Å². The maximum atomic E-state index is 13.4. The summed E-state index contributed by atoms with van der Waals surface area (Å²) in [5.74, 6) is 1.28. The van der Waals surface area contributed by atoms with Crippen LogP contribution < -0.4 is 10.5 Å². The minimum absolute atomic E-state index is 0.172. The van der Waals surface area contributed by atoms with Gasteiger partial charge >= 0.3 is 0 Å². The number of halogens is 1. The first-order valence-corrected chi connectivity index (χ1v) is 14.9. The molecule has 2 aliphatic heterocycles. The first-order chi connectivity index (χ1) is 18.5. The number of hydrogen-bond acceptors (Lipinski definition) is 5. The van der Waals surface area contributed by atoms with Crippen molar-refractivity contribution in [1.29, 1.82) is 0 Å². The van der Waals surface area contributed by atoms with E-state index in [0.717, 1.165) is 61.6 Å². The van der Waals surface area contributed by atoms with E-state index in [9.17, 15) is 9.90 Å². The van der Waals surface area contributed by atoms with Gasteiger partial charge in [-0.3, -0.25) is 14.3 Å². The number of hydrogen-bond donors (Lipinski definition) is 1. The van der Waals surface area contributed by atoms with Gasteiger partial charge in [-0.1, -0.05) is 44.5 Å². The third-order valence-corrected chi connectivity index (χ3v) is 9.83. The molecule has 208 valence electrons. The van der Waals surface area contributed by atoms with Gasteiger partial charge < -0.3 is 10.0 Å². The maximum absolute atomic E-state index is 13.4. The second-order valence-corrected chi connectivity index (χ2v) is 13.8. The number of rotatable bonds is 3. The van der Waals surface area contributed by atoms with Crippen LogP contribution in [0.4, 0.5) is 5.69 Å². The monoisotopic (exact) mass is 548 g/mol. The Morgan fingerprint density at radius 1 is 1.03 bits per heavy atom.